The summed E-state index contributed by atoms with van der Waals surface area (Å²) in [5.41, 5.74) is 1.62. The second kappa shape index (κ2) is 8.05. The van der Waals surface area contributed by atoms with Crippen molar-refractivity contribution in [2.45, 2.75) is 14.7 Å². The van der Waals surface area contributed by atoms with Gasteiger partial charge in [0.1, 0.15) is 5.75 Å². The van der Waals surface area contributed by atoms with E-state index in [1.165, 1.54) is 19.2 Å². The van der Waals surface area contributed by atoms with Gasteiger partial charge in [-0.25, -0.2) is 17.6 Å². The third kappa shape index (κ3) is 4.24. The third-order valence-corrected chi connectivity index (χ3v) is 5.88. The predicted molar refractivity (Wildman–Crippen MR) is 98.6 cm³/mol. The molecule has 0 heterocycles. The summed E-state index contributed by atoms with van der Waals surface area (Å²) >= 11 is 0.372. The summed E-state index contributed by atoms with van der Waals surface area (Å²) < 4.78 is 91.9. The first-order chi connectivity index (χ1) is 13.6. The van der Waals surface area contributed by atoms with Crippen molar-refractivity contribution in [3.63, 3.8) is 0 Å². The lowest BCUT2D eigenvalue weighted by molar-refractivity contribution is 0.384. The van der Waals surface area contributed by atoms with Crippen molar-refractivity contribution in [2.75, 3.05) is 7.11 Å². The molecule has 4 nitrogen and oxygen atoms in total. The Morgan fingerprint density at radius 2 is 1.24 bits per heavy atom. The number of benzene rings is 3. The maximum atomic E-state index is 14.1. The number of rotatable bonds is 5. The molecule has 3 aromatic carbocycles. The van der Waals surface area contributed by atoms with Gasteiger partial charge in [-0.3, -0.25) is 4.55 Å². The Balaban J connectivity index is 1.94. The van der Waals surface area contributed by atoms with E-state index in [1.807, 2.05) is 0 Å². The van der Waals surface area contributed by atoms with Crippen LogP contribution in [0.25, 0.3) is 11.1 Å². The van der Waals surface area contributed by atoms with Crippen LogP contribution in [0.4, 0.5) is 17.6 Å². The van der Waals surface area contributed by atoms with Gasteiger partial charge in [-0.15, -0.1) is 0 Å². The van der Waals surface area contributed by atoms with Gasteiger partial charge in [0.2, 0.25) is 0 Å². The lowest BCUT2D eigenvalue weighted by Gasteiger charge is -2.10. The van der Waals surface area contributed by atoms with Crippen LogP contribution in [0, 0.1) is 23.3 Å². The zero-order valence-corrected chi connectivity index (χ0v) is 16.3. The van der Waals surface area contributed by atoms with E-state index in [0.717, 1.165) is 11.1 Å². The Morgan fingerprint density at radius 1 is 0.793 bits per heavy atom. The van der Waals surface area contributed by atoms with Gasteiger partial charge in [-0.2, -0.15) is 8.42 Å². The molecule has 0 aromatic heterocycles. The van der Waals surface area contributed by atoms with Crippen molar-refractivity contribution >= 4 is 21.9 Å². The summed E-state index contributed by atoms with van der Waals surface area (Å²) in [6, 6.07) is 13.4. The molecule has 0 bridgehead atoms. The maximum absolute atomic E-state index is 14.1. The van der Waals surface area contributed by atoms with Gasteiger partial charge in [0.05, 0.1) is 12.0 Å². The van der Waals surface area contributed by atoms with Crippen molar-refractivity contribution in [3.8, 4) is 16.9 Å². The summed E-state index contributed by atoms with van der Waals surface area (Å²) in [4.78, 5) is -2.88. The summed E-state index contributed by atoms with van der Waals surface area (Å²) in [6.07, 6.45) is 0. The molecular formula is C19H12F4O4S2. The smallest absolute Gasteiger partial charge is 0.300 e. The highest BCUT2D eigenvalue weighted by Gasteiger charge is 2.32. The number of hydrogen-bond acceptors (Lipinski definition) is 4. The van der Waals surface area contributed by atoms with Gasteiger partial charge in [-0.05, 0) is 35.4 Å². The van der Waals surface area contributed by atoms with Crippen LogP contribution in [0.2, 0.25) is 0 Å². The van der Waals surface area contributed by atoms with E-state index in [9.17, 15) is 26.0 Å². The first kappa shape index (κ1) is 21.2. The molecule has 29 heavy (non-hydrogen) atoms. The highest BCUT2D eigenvalue weighted by atomic mass is 32.2. The Bertz CT molecular complexity index is 1130. The van der Waals surface area contributed by atoms with Crippen LogP contribution in [0.1, 0.15) is 0 Å². The largest absolute Gasteiger partial charge is 0.497 e. The van der Waals surface area contributed by atoms with E-state index in [4.69, 9.17) is 9.29 Å². The molecule has 0 amide bonds. The van der Waals surface area contributed by atoms with Gasteiger partial charge in [-0.1, -0.05) is 36.0 Å². The second-order valence-corrected chi connectivity index (χ2v) is 8.19. The quantitative estimate of drug-likeness (QED) is 0.328. The first-order valence-corrected chi connectivity index (χ1v) is 10.1. The average molecular weight is 444 g/mol. The predicted octanol–water partition coefficient (Wildman–Crippen LogP) is 5.32. The fourth-order valence-electron chi connectivity index (χ4n) is 2.52. The van der Waals surface area contributed by atoms with Gasteiger partial charge in [0.15, 0.2) is 28.2 Å². The average Bonchev–Trinajstić information content (AvgIpc) is 2.69. The van der Waals surface area contributed by atoms with Crippen LogP contribution in [0.3, 0.4) is 0 Å². The normalized spacial score (nSPS) is 11.5. The molecule has 0 aliphatic rings. The minimum atomic E-state index is -5.49. The summed E-state index contributed by atoms with van der Waals surface area (Å²) in [5.74, 6) is -7.54. The van der Waals surface area contributed by atoms with Gasteiger partial charge in [0, 0.05) is 4.90 Å². The van der Waals surface area contributed by atoms with E-state index in [2.05, 4.69) is 0 Å². The monoisotopic (exact) mass is 444 g/mol. The standard InChI is InChI=1S/C19H12F4O4S2/c1-27-12-6-2-10(3-7-12)11-4-8-13(9-5-11)28-18-14(20)16(22)19(29(24,25)26)17(23)15(18)21/h2-9H,1H3,(H,24,25,26). The van der Waals surface area contributed by atoms with Gasteiger partial charge in [0.25, 0.3) is 0 Å². The van der Waals surface area contributed by atoms with Crippen molar-refractivity contribution in [1.29, 1.82) is 0 Å². The number of methoxy groups -OCH3 is 1. The van der Waals surface area contributed by atoms with Crippen molar-refractivity contribution in [1.82, 2.24) is 0 Å². The highest BCUT2D eigenvalue weighted by Crippen LogP contribution is 2.37. The Kier molecular flexibility index (Phi) is 5.87. The molecule has 0 unspecified atom stereocenters. The second-order valence-electron chi connectivity index (χ2n) is 5.74. The highest BCUT2D eigenvalue weighted by molar-refractivity contribution is 7.99. The lowest BCUT2D eigenvalue weighted by atomic mass is 10.1. The fraction of sp³-hybridized carbons (Fsp3) is 0.0526. The minimum Gasteiger partial charge on any atom is -0.497 e. The molecule has 0 atom stereocenters. The van der Waals surface area contributed by atoms with Crippen molar-refractivity contribution < 1.29 is 35.3 Å². The van der Waals surface area contributed by atoms with Crippen molar-refractivity contribution in [2.24, 2.45) is 0 Å². The molecule has 0 spiro atoms. The Hall–Kier alpha value is -2.56. The van der Waals surface area contributed by atoms with Crippen LogP contribution in [-0.4, -0.2) is 20.1 Å². The number of halogens is 4. The van der Waals surface area contributed by atoms with E-state index < -0.39 is 43.2 Å². The molecule has 0 aliphatic heterocycles. The summed E-state index contributed by atoms with van der Waals surface area (Å²) in [6.45, 7) is 0. The summed E-state index contributed by atoms with van der Waals surface area (Å²) in [7, 11) is -3.95. The SMILES string of the molecule is COc1ccc(-c2ccc(Sc3c(F)c(F)c(S(=O)(=O)O)c(F)c3F)cc2)cc1. The molecule has 152 valence electrons. The zero-order chi connectivity index (χ0) is 21.3. The molecule has 0 aliphatic carbocycles. The molecule has 3 rings (SSSR count). The third-order valence-electron chi connectivity index (χ3n) is 3.94. The van der Waals surface area contributed by atoms with E-state index in [1.54, 1.807) is 36.4 Å². The lowest BCUT2D eigenvalue weighted by Crippen LogP contribution is -2.11. The van der Waals surface area contributed by atoms with Crippen LogP contribution in [0.15, 0.2) is 63.2 Å². The van der Waals surface area contributed by atoms with Gasteiger partial charge < -0.3 is 4.74 Å². The van der Waals surface area contributed by atoms with E-state index in [-0.39, 0.29) is 4.90 Å². The molecule has 0 fully saturated rings. The van der Waals surface area contributed by atoms with Gasteiger partial charge >= 0.3 is 10.1 Å². The zero-order valence-electron chi connectivity index (χ0n) is 14.6. The topological polar surface area (TPSA) is 63.6 Å². The first-order valence-electron chi connectivity index (χ1n) is 7.89. The maximum Gasteiger partial charge on any atom is 0.300 e. The van der Waals surface area contributed by atoms with Crippen LogP contribution in [-0.2, 0) is 10.1 Å². The number of hydrogen-bond donors (Lipinski definition) is 1. The van der Waals surface area contributed by atoms with Crippen molar-refractivity contribution in [3.05, 3.63) is 71.8 Å². The molecule has 0 radical (unpaired) electrons. The summed E-state index contributed by atoms with van der Waals surface area (Å²) in [5, 5.41) is 0. The van der Waals surface area contributed by atoms with E-state index in [0.29, 0.717) is 17.5 Å². The number of ether oxygens (including phenoxy) is 1. The van der Waals surface area contributed by atoms with Crippen LogP contribution < -0.4 is 4.74 Å². The molecule has 10 heteroatoms. The van der Waals surface area contributed by atoms with Crippen LogP contribution in [0.5, 0.6) is 5.75 Å². The van der Waals surface area contributed by atoms with Crippen LogP contribution >= 0.6 is 11.8 Å². The molecule has 3 aromatic rings. The molecule has 0 saturated carbocycles. The molecule has 1 N–H and O–H groups in total. The minimum absolute atomic E-state index is 0.249. The fourth-order valence-corrected chi connectivity index (χ4v) is 4.02. The molecular weight excluding hydrogens is 432 g/mol. The Morgan fingerprint density at radius 3 is 1.66 bits per heavy atom. The molecule has 0 saturated heterocycles. The van der Waals surface area contributed by atoms with E-state index >= 15 is 0 Å². The Labute approximate surface area is 167 Å².